The van der Waals surface area contributed by atoms with Gasteiger partial charge >= 0.3 is 0 Å². The maximum absolute atomic E-state index is 12.7. The third-order valence-electron chi connectivity index (χ3n) is 4.20. The van der Waals surface area contributed by atoms with Crippen molar-refractivity contribution < 1.29 is 4.79 Å². The van der Waals surface area contributed by atoms with Gasteiger partial charge in [0, 0.05) is 12.7 Å². The zero-order valence-electron chi connectivity index (χ0n) is 13.7. The van der Waals surface area contributed by atoms with Crippen molar-refractivity contribution in [3.05, 3.63) is 54.1 Å². The molecule has 0 bridgehead atoms. The molecule has 3 aromatic rings. The van der Waals surface area contributed by atoms with E-state index in [-0.39, 0.29) is 11.9 Å². The molecule has 3 aromatic heterocycles. The molecule has 0 unspecified atom stereocenters. The van der Waals surface area contributed by atoms with Crippen molar-refractivity contribution in [2.24, 2.45) is 0 Å². The van der Waals surface area contributed by atoms with Crippen LogP contribution in [0.4, 0.5) is 5.82 Å². The molecule has 0 saturated heterocycles. The smallest absolute Gasteiger partial charge is 0.273 e. The van der Waals surface area contributed by atoms with Gasteiger partial charge in [-0.3, -0.25) is 9.78 Å². The van der Waals surface area contributed by atoms with Gasteiger partial charge in [0.05, 0.1) is 12.6 Å². The van der Waals surface area contributed by atoms with E-state index in [2.05, 4.69) is 20.2 Å². The maximum atomic E-state index is 12.7. The summed E-state index contributed by atoms with van der Waals surface area (Å²) in [6, 6.07) is 10.8. The first kappa shape index (κ1) is 15.3. The van der Waals surface area contributed by atoms with Gasteiger partial charge in [0.15, 0.2) is 11.6 Å². The Hall–Kier alpha value is -3.29. The molecule has 0 fully saturated rings. The maximum Gasteiger partial charge on any atom is 0.273 e. The number of nitrogens with zero attached hydrogens (tertiary/aromatic N) is 6. The minimum atomic E-state index is -0.159. The van der Waals surface area contributed by atoms with Gasteiger partial charge in [0.1, 0.15) is 17.2 Å². The van der Waals surface area contributed by atoms with E-state index in [1.54, 1.807) is 29.3 Å². The molecule has 126 valence electrons. The van der Waals surface area contributed by atoms with E-state index < -0.39 is 0 Å². The average molecular weight is 335 g/mol. The second-order valence-corrected chi connectivity index (χ2v) is 6.01. The second-order valence-electron chi connectivity index (χ2n) is 6.01. The van der Waals surface area contributed by atoms with Gasteiger partial charge in [-0.15, -0.1) is 10.2 Å². The zero-order valence-corrected chi connectivity index (χ0v) is 13.7. The number of fused-ring (bicyclic) bond motifs is 1. The van der Waals surface area contributed by atoms with E-state index in [9.17, 15) is 4.79 Å². The fraction of sp³-hybridized carbons (Fsp3) is 0.235. The summed E-state index contributed by atoms with van der Waals surface area (Å²) in [5, 5.41) is 8.54. The molecule has 2 N–H and O–H groups in total. The Morgan fingerprint density at radius 3 is 2.84 bits per heavy atom. The summed E-state index contributed by atoms with van der Waals surface area (Å²) in [7, 11) is 0. The van der Waals surface area contributed by atoms with E-state index >= 15 is 0 Å². The monoisotopic (exact) mass is 335 g/mol. The first-order valence-corrected chi connectivity index (χ1v) is 8.00. The summed E-state index contributed by atoms with van der Waals surface area (Å²) in [6.07, 6.45) is 1.73. The van der Waals surface area contributed by atoms with Crippen molar-refractivity contribution in [3.63, 3.8) is 0 Å². The molecule has 0 radical (unpaired) electrons. The van der Waals surface area contributed by atoms with Gasteiger partial charge in [-0.25, -0.2) is 4.98 Å². The first-order chi connectivity index (χ1) is 12.1. The van der Waals surface area contributed by atoms with Gasteiger partial charge in [0.2, 0.25) is 0 Å². The van der Waals surface area contributed by atoms with Gasteiger partial charge in [-0.05, 0) is 31.2 Å². The number of hydrogen-bond acceptors (Lipinski definition) is 6. The molecular formula is C17H17N7O. The largest absolute Gasteiger partial charge is 0.384 e. The molecule has 25 heavy (non-hydrogen) atoms. The predicted molar refractivity (Wildman–Crippen MR) is 91.4 cm³/mol. The Morgan fingerprint density at radius 2 is 2.08 bits per heavy atom. The van der Waals surface area contributed by atoms with E-state index in [4.69, 9.17) is 5.73 Å². The third kappa shape index (κ3) is 2.71. The van der Waals surface area contributed by atoms with Crippen LogP contribution in [0.25, 0.3) is 11.5 Å². The topological polar surface area (TPSA) is 103 Å². The van der Waals surface area contributed by atoms with Gasteiger partial charge < -0.3 is 15.2 Å². The van der Waals surface area contributed by atoms with Gasteiger partial charge in [-0.1, -0.05) is 12.1 Å². The Bertz CT molecular complexity index is 922. The van der Waals surface area contributed by atoms with Crippen LogP contribution in [0.15, 0.2) is 42.6 Å². The lowest BCUT2D eigenvalue weighted by Gasteiger charge is -2.32. The van der Waals surface area contributed by atoms with E-state index in [1.165, 1.54) is 0 Å². The Balaban J connectivity index is 1.65. The van der Waals surface area contributed by atoms with Gasteiger partial charge in [0.25, 0.3) is 5.91 Å². The Kier molecular flexibility index (Phi) is 3.64. The van der Waals surface area contributed by atoms with Crippen LogP contribution in [0.5, 0.6) is 0 Å². The highest BCUT2D eigenvalue weighted by Crippen LogP contribution is 2.27. The minimum Gasteiger partial charge on any atom is -0.384 e. The molecule has 4 rings (SSSR count). The molecule has 0 saturated carbocycles. The summed E-state index contributed by atoms with van der Waals surface area (Å²) in [5.74, 6) is 1.62. The Labute approximate surface area is 144 Å². The van der Waals surface area contributed by atoms with Crippen molar-refractivity contribution >= 4 is 11.7 Å². The van der Waals surface area contributed by atoms with Crippen LogP contribution in [0.2, 0.25) is 0 Å². The standard InChI is InChI=1S/C17H17N7O/c1-11-9-23(17(25)13-6-4-7-14(18)20-13)10-15-21-22-16(24(11)15)12-5-2-3-8-19-12/h2-8,11H,9-10H2,1H3,(H2,18,20)/t11-/m0/s1. The molecule has 1 atom stereocenters. The lowest BCUT2D eigenvalue weighted by molar-refractivity contribution is 0.0676. The van der Waals surface area contributed by atoms with Crippen LogP contribution in [0.1, 0.15) is 29.3 Å². The number of aromatic nitrogens is 5. The van der Waals surface area contributed by atoms with Crippen LogP contribution in [0, 0.1) is 0 Å². The number of rotatable bonds is 2. The highest BCUT2D eigenvalue weighted by atomic mass is 16.2. The summed E-state index contributed by atoms with van der Waals surface area (Å²) in [6.45, 7) is 2.95. The number of carbonyl (C=O) groups is 1. The molecule has 0 aromatic carbocycles. The Morgan fingerprint density at radius 1 is 1.20 bits per heavy atom. The molecule has 1 aliphatic rings. The highest BCUT2D eigenvalue weighted by Gasteiger charge is 2.30. The SMILES string of the molecule is C[C@H]1CN(C(=O)c2cccc(N)n2)Cc2nnc(-c3ccccn3)n21. The van der Waals surface area contributed by atoms with Crippen LogP contribution in [-0.4, -0.2) is 42.1 Å². The van der Waals surface area contributed by atoms with Crippen molar-refractivity contribution in [1.29, 1.82) is 0 Å². The van der Waals surface area contributed by atoms with E-state index in [1.807, 2.05) is 29.7 Å². The molecule has 8 heteroatoms. The van der Waals surface area contributed by atoms with Crippen LogP contribution >= 0.6 is 0 Å². The van der Waals surface area contributed by atoms with Crippen molar-refractivity contribution in [2.75, 3.05) is 12.3 Å². The summed E-state index contributed by atoms with van der Waals surface area (Å²) in [4.78, 5) is 22.9. The molecule has 1 aliphatic heterocycles. The van der Waals surface area contributed by atoms with E-state index in [0.717, 1.165) is 17.3 Å². The fourth-order valence-electron chi connectivity index (χ4n) is 3.09. The van der Waals surface area contributed by atoms with E-state index in [0.29, 0.717) is 24.6 Å². The lowest BCUT2D eigenvalue weighted by Crippen LogP contribution is -2.40. The normalized spacial score (nSPS) is 16.5. The number of amides is 1. The number of carbonyl (C=O) groups excluding carboxylic acids is 1. The lowest BCUT2D eigenvalue weighted by atomic mass is 10.2. The van der Waals surface area contributed by atoms with Crippen LogP contribution < -0.4 is 5.73 Å². The zero-order chi connectivity index (χ0) is 17.4. The summed E-state index contributed by atoms with van der Waals surface area (Å²) < 4.78 is 2.04. The quantitative estimate of drug-likeness (QED) is 0.762. The van der Waals surface area contributed by atoms with Crippen molar-refractivity contribution in [2.45, 2.75) is 19.5 Å². The molecular weight excluding hydrogens is 318 g/mol. The van der Waals surface area contributed by atoms with Gasteiger partial charge in [-0.2, -0.15) is 0 Å². The molecule has 0 spiro atoms. The molecule has 1 amide bonds. The van der Waals surface area contributed by atoms with Crippen molar-refractivity contribution in [1.82, 2.24) is 29.6 Å². The number of nitrogens with two attached hydrogens (primary N) is 1. The second kappa shape index (κ2) is 5.97. The molecule has 8 nitrogen and oxygen atoms in total. The molecule has 0 aliphatic carbocycles. The first-order valence-electron chi connectivity index (χ1n) is 8.00. The highest BCUT2D eigenvalue weighted by molar-refractivity contribution is 5.92. The van der Waals surface area contributed by atoms with Crippen molar-refractivity contribution in [3.8, 4) is 11.5 Å². The molecule has 4 heterocycles. The number of pyridine rings is 2. The minimum absolute atomic E-state index is 0.0285. The average Bonchev–Trinajstić information content (AvgIpc) is 3.06. The number of hydrogen-bond donors (Lipinski definition) is 1. The number of nitrogen functional groups attached to an aromatic ring is 1. The number of anilines is 1. The summed E-state index contributed by atoms with van der Waals surface area (Å²) in [5.41, 5.74) is 6.79. The predicted octanol–water partition coefficient (Wildman–Crippen LogP) is 1.53. The third-order valence-corrected chi connectivity index (χ3v) is 4.20. The van der Waals surface area contributed by atoms with Crippen LogP contribution in [-0.2, 0) is 6.54 Å². The van der Waals surface area contributed by atoms with Crippen LogP contribution in [0.3, 0.4) is 0 Å². The summed E-state index contributed by atoms with van der Waals surface area (Å²) >= 11 is 0. The fourth-order valence-corrected chi connectivity index (χ4v) is 3.09.